The third-order valence-electron chi connectivity index (χ3n) is 3.79. The van der Waals surface area contributed by atoms with Gasteiger partial charge in [-0.1, -0.05) is 30.4 Å². The average molecular weight is 239 g/mol. The van der Waals surface area contributed by atoms with Crippen molar-refractivity contribution in [3.05, 3.63) is 54.4 Å². The van der Waals surface area contributed by atoms with Gasteiger partial charge in [-0.3, -0.25) is 4.98 Å². The molecule has 3 rings (SSSR count). The van der Waals surface area contributed by atoms with E-state index in [1.165, 1.54) is 0 Å². The van der Waals surface area contributed by atoms with Crippen molar-refractivity contribution in [1.29, 1.82) is 0 Å². The predicted molar refractivity (Wildman–Crippen MR) is 73.2 cm³/mol. The van der Waals surface area contributed by atoms with Gasteiger partial charge in [0.15, 0.2) is 0 Å². The SMILES string of the molecule is OC(c1cccc2ccncc12)C1CC=CCC1. The van der Waals surface area contributed by atoms with Gasteiger partial charge in [-0.05, 0) is 42.2 Å². The number of aliphatic hydroxyl groups excluding tert-OH is 1. The van der Waals surface area contributed by atoms with Crippen LogP contribution in [0.4, 0.5) is 0 Å². The lowest BCUT2D eigenvalue weighted by atomic mass is 9.85. The Hall–Kier alpha value is -1.67. The van der Waals surface area contributed by atoms with Crippen LogP contribution in [0.25, 0.3) is 10.8 Å². The summed E-state index contributed by atoms with van der Waals surface area (Å²) >= 11 is 0. The van der Waals surface area contributed by atoms with Crippen molar-refractivity contribution in [3.63, 3.8) is 0 Å². The molecule has 2 nitrogen and oxygen atoms in total. The highest BCUT2D eigenvalue weighted by atomic mass is 16.3. The first-order valence-corrected chi connectivity index (χ1v) is 6.52. The van der Waals surface area contributed by atoms with Crippen molar-refractivity contribution in [1.82, 2.24) is 4.98 Å². The second kappa shape index (κ2) is 4.91. The van der Waals surface area contributed by atoms with E-state index < -0.39 is 0 Å². The fourth-order valence-electron chi connectivity index (χ4n) is 2.75. The van der Waals surface area contributed by atoms with E-state index in [2.05, 4.69) is 23.2 Å². The Labute approximate surface area is 107 Å². The Balaban J connectivity index is 2.00. The lowest BCUT2D eigenvalue weighted by Gasteiger charge is -2.25. The maximum atomic E-state index is 10.6. The van der Waals surface area contributed by atoms with E-state index in [0.717, 1.165) is 35.6 Å². The molecule has 0 fully saturated rings. The zero-order chi connectivity index (χ0) is 12.4. The second-order valence-electron chi connectivity index (χ2n) is 4.93. The molecule has 0 amide bonds. The predicted octanol–water partition coefficient (Wildman–Crippen LogP) is 3.62. The third-order valence-corrected chi connectivity index (χ3v) is 3.79. The number of aromatic nitrogens is 1. The summed E-state index contributed by atoms with van der Waals surface area (Å²) in [6, 6.07) is 8.09. The van der Waals surface area contributed by atoms with Gasteiger partial charge in [0.1, 0.15) is 0 Å². The molecule has 2 aromatic rings. The highest BCUT2D eigenvalue weighted by molar-refractivity contribution is 5.85. The number of aliphatic hydroxyl groups is 1. The van der Waals surface area contributed by atoms with E-state index in [9.17, 15) is 5.11 Å². The second-order valence-corrected chi connectivity index (χ2v) is 4.93. The molecule has 2 atom stereocenters. The normalized spacial score (nSPS) is 21.1. The molecule has 0 bridgehead atoms. The molecule has 0 aliphatic heterocycles. The standard InChI is InChI=1S/C16H17NO/c18-16(13-5-2-1-3-6-13)14-8-4-7-12-9-10-17-11-15(12)14/h1-2,4,7-11,13,16,18H,3,5-6H2. The number of pyridine rings is 1. The molecule has 2 unspecified atom stereocenters. The molecule has 1 aliphatic rings. The highest BCUT2D eigenvalue weighted by Gasteiger charge is 2.22. The Morgan fingerprint density at radius 2 is 2.17 bits per heavy atom. The van der Waals surface area contributed by atoms with Crippen LogP contribution >= 0.6 is 0 Å². The van der Waals surface area contributed by atoms with E-state index >= 15 is 0 Å². The van der Waals surface area contributed by atoms with Crippen LogP contribution < -0.4 is 0 Å². The van der Waals surface area contributed by atoms with Crippen LogP contribution in [0.5, 0.6) is 0 Å². The fraction of sp³-hybridized carbons (Fsp3) is 0.312. The lowest BCUT2D eigenvalue weighted by Crippen LogP contribution is -2.14. The van der Waals surface area contributed by atoms with E-state index in [1.54, 1.807) is 6.20 Å². The molecule has 0 saturated heterocycles. The van der Waals surface area contributed by atoms with Gasteiger partial charge in [0, 0.05) is 17.8 Å². The minimum absolute atomic E-state index is 0.334. The molecule has 0 radical (unpaired) electrons. The lowest BCUT2D eigenvalue weighted by molar-refractivity contribution is 0.104. The van der Waals surface area contributed by atoms with Crippen LogP contribution in [0.3, 0.4) is 0 Å². The summed E-state index contributed by atoms with van der Waals surface area (Å²) in [4.78, 5) is 4.18. The summed E-state index contributed by atoms with van der Waals surface area (Å²) in [6.45, 7) is 0. The van der Waals surface area contributed by atoms with Crippen molar-refractivity contribution in [2.24, 2.45) is 5.92 Å². The number of benzene rings is 1. The number of hydrogen-bond donors (Lipinski definition) is 1. The molecule has 1 aliphatic carbocycles. The molecule has 1 N–H and O–H groups in total. The maximum Gasteiger partial charge on any atom is 0.0827 e. The fourth-order valence-corrected chi connectivity index (χ4v) is 2.75. The molecular formula is C16H17NO. The van der Waals surface area contributed by atoms with E-state index in [-0.39, 0.29) is 6.10 Å². The van der Waals surface area contributed by atoms with Gasteiger partial charge in [-0.15, -0.1) is 0 Å². The molecule has 1 aromatic carbocycles. The number of hydrogen-bond acceptors (Lipinski definition) is 2. The monoisotopic (exact) mass is 239 g/mol. The molecule has 0 spiro atoms. The van der Waals surface area contributed by atoms with Crippen molar-refractivity contribution >= 4 is 10.8 Å². The smallest absolute Gasteiger partial charge is 0.0827 e. The van der Waals surface area contributed by atoms with Crippen molar-refractivity contribution in [2.75, 3.05) is 0 Å². The number of allylic oxidation sites excluding steroid dienone is 2. The van der Waals surface area contributed by atoms with Gasteiger partial charge < -0.3 is 5.11 Å². The topological polar surface area (TPSA) is 33.1 Å². The first kappa shape index (κ1) is 11.4. The number of rotatable bonds is 2. The van der Waals surface area contributed by atoms with Crippen molar-refractivity contribution in [2.45, 2.75) is 25.4 Å². The zero-order valence-corrected chi connectivity index (χ0v) is 10.3. The first-order chi connectivity index (χ1) is 8.86. The van der Waals surface area contributed by atoms with Gasteiger partial charge in [0.25, 0.3) is 0 Å². The van der Waals surface area contributed by atoms with Crippen molar-refractivity contribution < 1.29 is 5.11 Å². The van der Waals surface area contributed by atoms with E-state index in [0.29, 0.717) is 5.92 Å². The summed E-state index contributed by atoms with van der Waals surface area (Å²) in [5.74, 6) is 0.334. The van der Waals surface area contributed by atoms with Crippen LogP contribution in [-0.2, 0) is 0 Å². The van der Waals surface area contributed by atoms with Crippen LogP contribution in [0, 0.1) is 5.92 Å². The Morgan fingerprint density at radius 1 is 1.22 bits per heavy atom. The number of nitrogens with zero attached hydrogens (tertiary/aromatic N) is 1. The van der Waals surface area contributed by atoms with E-state index in [4.69, 9.17) is 0 Å². The molecule has 2 heteroatoms. The minimum atomic E-state index is -0.386. The summed E-state index contributed by atoms with van der Waals surface area (Å²) < 4.78 is 0. The van der Waals surface area contributed by atoms with Crippen LogP contribution in [0.2, 0.25) is 0 Å². The van der Waals surface area contributed by atoms with Gasteiger partial charge >= 0.3 is 0 Å². The molecule has 18 heavy (non-hydrogen) atoms. The first-order valence-electron chi connectivity index (χ1n) is 6.52. The molecule has 0 saturated carbocycles. The summed E-state index contributed by atoms with van der Waals surface area (Å²) in [7, 11) is 0. The number of fused-ring (bicyclic) bond motifs is 1. The van der Waals surface area contributed by atoms with Gasteiger partial charge in [-0.2, -0.15) is 0 Å². The molecule has 92 valence electrons. The summed E-state index contributed by atoms with van der Waals surface area (Å²) in [6.07, 6.45) is 10.8. The highest BCUT2D eigenvalue weighted by Crippen LogP contribution is 2.34. The Morgan fingerprint density at radius 3 is 3.00 bits per heavy atom. The minimum Gasteiger partial charge on any atom is -0.388 e. The Kier molecular flexibility index (Phi) is 3.11. The van der Waals surface area contributed by atoms with Crippen LogP contribution in [0.15, 0.2) is 48.8 Å². The average Bonchev–Trinajstić information content (AvgIpc) is 2.47. The van der Waals surface area contributed by atoms with Crippen molar-refractivity contribution in [3.8, 4) is 0 Å². The summed E-state index contributed by atoms with van der Waals surface area (Å²) in [5.41, 5.74) is 1.01. The van der Waals surface area contributed by atoms with Gasteiger partial charge in [0.2, 0.25) is 0 Å². The molecule has 1 aromatic heterocycles. The maximum absolute atomic E-state index is 10.6. The Bertz CT molecular complexity index is 571. The van der Waals surface area contributed by atoms with E-state index in [1.807, 2.05) is 24.4 Å². The quantitative estimate of drug-likeness (QED) is 0.812. The van der Waals surface area contributed by atoms with Gasteiger partial charge in [0.05, 0.1) is 6.10 Å². The summed E-state index contributed by atoms with van der Waals surface area (Å²) in [5, 5.41) is 12.8. The molecular weight excluding hydrogens is 222 g/mol. The van der Waals surface area contributed by atoms with Crippen LogP contribution in [0.1, 0.15) is 30.9 Å². The largest absolute Gasteiger partial charge is 0.388 e. The van der Waals surface area contributed by atoms with Gasteiger partial charge in [-0.25, -0.2) is 0 Å². The van der Waals surface area contributed by atoms with Crippen LogP contribution in [-0.4, -0.2) is 10.1 Å². The molecule has 1 heterocycles. The third kappa shape index (κ3) is 2.04. The zero-order valence-electron chi connectivity index (χ0n) is 10.3.